The number of benzene rings is 3. The minimum absolute atomic E-state index is 0. The maximum atomic E-state index is 11.4. The van der Waals surface area contributed by atoms with Crippen molar-refractivity contribution in [1.82, 2.24) is 5.32 Å². The molecule has 0 heterocycles. The third-order valence-corrected chi connectivity index (χ3v) is 5.00. The normalized spacial score (nSPS) is 10.6. The van der Waals surface area contributed by atoms with Crippen LogP contribution in [0.2, 0.25) is 0 Å². The van der Waals surface area contributed by atoms with Gasteiger partial charge in [-0.15, -0.1) is 0 Å². The van der Waals surface area contributed by atoms with Crippen molar-refractivity contribution in [2.45, 2.75) is 12.0 Å². The summed E-state index contributed by atoms with van der Waals surface area (Å²) in [5.41, 5.74) is 3.37. The summed E-state index contributed by atoms with van der Waals surface area (Å²) in [7, 11) is 0. The maximum absolute atomic E-state index is 11.4. The van der Waals surface area contributed by atoms with Gasteiger partial charge in [-0.1, -0.05) is 97.6 Å². The molecule has 0 aromatic heterocycles. The zero-order valence-electron chi connectivity index (χ0n) is 16.4. The number of nitrogens with one attached hydrogen (secondary N) is 1. The number of carbonyl (C=O) groups is 1. The molecule has 3 N–H and O–H groups in total. The van der Waals surface area contributed by atoms with Crippen molar-refractivity contribution in [3.8, 4) is 0 Å². The summed E-state index contributed by atoms with van der Waals surface area (Å²) in [5.74, 6) is -0.125. The summed E-state index contributed by atoms with van der Waals surface area (Å²) in [6.07, 6.45) is 2.18. The second-order valence-electron chi connectivity index (χ2n) is 6.75. The van der Waals surface area contributed by atoms with Crippen LogP contribution in [0.25, 0.3) is 0 Å². The summed E-state index contributed by atoms with van der Waals surface area (Å²) in [6.45, 7) is 5.00. The van der Waals surface area contributed by atoms with Gasteiger partial charge in [0.2, 0.25) is 5.91 Å². The summed E-state index contributed by atoms with van der Waals surface area (Å²) >= 11 is 0. The molecule has 0 unspecified atom stereocenters. The van der Waals surface area contributed by atoms with Crippen LogP contribution in [0.15, 0.2) is 104 Å². The van der Waals surface area contributed by atoms with Gasteiger partial charge in [0.1, 0.15) is 0 Å². The fraction of sp³-hybridized carbons (Fsp3) is 0.160. The predicted octanol–water partition coefficient (Wildman–Crippen LogP) is 0.238. The Morgan fingerprint density at radius 2 is 1.24 bits per heavy atom. The van der Waals surface area contributed by atoms with Crippen molar-refractivity contribution in [2.24, 2.45) is 0 Å². The van der Waals surface area contributed by atoms with Crippen LogP contribution >= 0.6 is 0 Å². The molecular weight excluding hydrogens is 380 g/mol. The predicted molar refractivity (Wildman–Crippen MR) is 114 cm³/mol. The molecule has 0 bridgehead atoms. The van der Waals surface area contributed by atoms with Crippen LogP contribution in [-0.2, 0) is 10.3 Å². The van der Waals surface area contributed by atoms with Crippen LogP contribution in [-0.4, -0.2) is 19.0 Å². The first-order valence-electron chi connectivity index (χ1n) is 9.68. The van der Waals surface area contributed by atoms with Crippen LogP contribution in [0.3, 0.4) is 0 Å². The molecule has 0 saturated carbocycles. The summed E-state index contributed by atoms with van der Waals surface area (Å²) in [6, 6.07) is 31.8. The Morgan fingerprint density at radius 1 is 0.828 bits per heavy atom. The third kappa shape index (κ3) is 5.35. The average molecular weight is 407 g/mol. The lowest BCUT2D eigenvalue weighted by molar-refractivity contribution is -0.716. The monoisotopic (exact) mass is 406 g/mol. The number of carbonyl (C=O) groups excluding carboxylic acids is 1. The molecule has 0 fully saturated rings. The van der Waals surface area contributed by atoms with Crippen LogP contribution in [0, 0.1) is 0 Å². The molecule has 4 heteroatoms. The van der Waals surface area contributed by atoms with E-state index in [-0.39, 0.29) is 23.9 Å². The second kappa shape index (κ2) is 11.2. The molecule has 1 amide bonds. The van der Waals surface area contributed by atoms with Gasteiger partial charge in [0.15, 0.2) is 5.54 Å². The lowest BCUT2D eigenvalue weighted by Gasteiger charge is -2.33. The van der Waals surface area contributed by atoms with Gasteiger partial charge in [-0.3, -0.25) is 4.79 Å². The first kappa shape index (κ1) is 22.4. The van der Waals surface area contributed by atoms with Crippen molar-refractivity contribution in [2.75, 3.05) is 13.1 Å². The molecule has 0 aliphatic rings. The van der Waals surface area contributed by atoms with Gasteiger partial charge in [-0.2, -0.15) is 0 Å². The van der Waals surface area contributed by atoms with Crippen molar-refractivity contribution in [3.05, 3.63) is 120 Å². The number of hydrogen-bond acceptors (Lipinski definition) is 1. The number of halogens is 1. The molecule has 3 aromatic rings. The lowest BCUT2D eigenvalue weighted by atomic mass is 9.77. The van der Waals surface area contributed by atoms with Gasteiger partial charge in [0, 0.05) is 29.7 Å². The average Bonchev–Trinajstić information content (AvgIpc) is 2.78. The van der Waals surface area contributed by atoms with Crippen LogP contribution < -0.4 is 23.0 Å². The SMILES string of the molecule is C=CC(=O)NCCC[NH2+]C(c1ccccc1)(c1ccccc1)c1ccccc1.[Cl-]. The van der Waals surface area contributed by atoms with Crippen molar-refractivity contribution in [3.63, 3.8) is 0 Å². The van der Waals surface area contributed by atoms with E-state index in [1.807, 2.05) is 0 Å². The van der Waals surface area contributed by atoms with E-state index in [9.17, 15) is 4.79 Å². The Kier molecular flexibility index (Phi) is 8.66. The molecular formula is C25H27ClN2O. The Bertz CT molecular complexity index is 786. The zero-order chi connectivity index (χ0) is 19.7. The Balaban J connectivity index is 0.00000300. The minimum Gasteiger partial charge on any atom is -1.00 e. The third-order valence-electron chi connectivity index (χ3n) is 5.00. The minimum atomic E-state index is -0.341. The van der Waals surface area contributed by atoms with Gasteiger partial charge >= 0.3 is 0 Å². The van der Waals surface area contributed by atoms with E-state index >= 15 is 0 Å². The summed E-state index contributed by atoms with van der Waals surface area (Å²) < 4.78 is 0. The van der Waals surface area contributed by atoms with E-state index in [1.54, 1.807) is 0 Å². The molecule has 0 spiro atoms. The second-order valence-corrected chi connectivity index (χ2v) is 6.75. The van der Waals surface area contributed by atoms with E-state index in [0.717, 1.165) is 13.0 Å². The molecule has 3 aromatic carbocycles. The molecule has 0 aliphatic heterocycles. The zero-order valence-corrected chi connectivity index (χ0v) is 17.2. The van der Waals surface area contributed by atoms with E-state index in [1.165, 1.54) is 22.8 Å². The summed E-state index contributed by atoms with van der Waals surface area (Å²) in [4.78, 5) is 11.4. The van der Waals surface area contributed by atoms with Crippen LogP contribution in [0.1, 0.15) is 23.1 Å². The highest BCUT2D eigenvalue weighted by atomic mass is 35.5. The van der Waals surface area contributed by atoms with Crippen molar-refractivity contribution in [1.29, 1.82) is 0 Å². The Hall–Kier alpha value is -2.88. The molecule has 0 radical (unpaired) electrons. The molecule has 0 atom stereocenters. The number of quaternary nitrogens is 1. The molecule has 3 nitrogen and oxygen atoms in total. The molecule has 3 rings (SSSR count). The standard InChI is InChI=1S/C25H26N2O.ClH/c1-2-24(28)26-19-12-20-27-25(21-13-6-3-7-14-21,22-15-8-4-9-16-22)23-17-10-5-11-18-23;/h2-11,13-18,27H,1,12,19-20H2,(H,26,28);1H. The number of rotatable bonds is 9. The molecule has 150 valence electrons. The smallest absolute Gasteiger partial charge is 0.243 e. The fourth-order valence-electron chi connectivity index (χ4n) is 3.66. The van der Waals surface area contributed by atoms with Gasteiger partial charge in [-0.25, -0.2) is 0 Å². The van der Waals surface area contributed by atoms with Crippen molar-refractivity contribution >= 4 is 5.91 Å². The van der Waals surface area contributed by atoms with Crippen molar-refractivity contribution < 1.29 is 22.5 Å². The number of hydrogen-bond donors (Lipinski definition) is 2. The van der Waals surface area contributed by atoms with E-state index in [0.29, 0.717) is 6.54 Å². The lowest BCUT2D eigenvalue weighted by Crippen LogP contribution is -3.00. The molecule has 29 heavy (non-hydrogen) atoms. The molecule has 0 aliphatic carbocycles. The highest BCUT2D eigenvalue weighted by Crippen LogP contribution is 2.32. The number of amides is 1. The van der Waals surface area contributed by atoms with E-state index in [4.69, 9.17) is 0 Å². The van der Waals surface area contributed by atoms with E-state index < -0.39 is 0 Å². The highest BCUT2D eigenvalue weighted by molar-refractivity contribution is 5.86. The quantitative estimate of drug-likeness (QED) is 0.298. The topological polar surface area (TPSA) is 45.7 Å². The first-order valence-corrected chi connectivity index (χ1v) is 9.68. The number of nitrogens with two attached hydrogens (primary N) is 1. The first-order chi connectivity index (χ1) is 13.8. The van der Waals surface area contributed by atoms with Crippen LogP contribution in [0.5, 0.6) is 0 Å². The van der Waals surface area contributed by atoms with Crippen LogP contribution in [0.4, 0.5) is 0 Å². The molecule has 0 saturated heterocycles. The highest BCUT2D eigenvalue weighted by Gasteiger charge is 2.39. The summed E-state index contributed by atoms with van der Waals surface area (Å²) in [5, 5.41) is 5.24. The van der Waals surface area contributed by atoms with Gasteiger partial charge in [0.25, 0.3) is 0 Å². The van der Waals surface area contributed by atoms with Gasteiger partial charge in [0.05, 0.1) is 6.54 Å². The largest absolute Gasteiger partial charge is 1.00 e. The maximum Gasteiger partial charge on any atom is 0.243 e. The van der Waals surface area contributed by atoms with E-state index in [2.05, 4.69) is 108 Å². The Morgan fingerprint density at radius 3 is 1.62 bits per heavy atom. The Labute approximate surface area is 179 Å². The van der Waals surface area contributed by atoms with Gasteiger partial charge < -0.3 is 23.0 Å². The fourth-order valence-corrected chi connectivity index (χ4v) is 3.66. The van der Waals surface area contributed by atoms with Gasteiger partial charge in [-0.05, 0) is 6.08 Å².